The molecule has 0 unspecified atom stereocenters. The van der Waals surface area contributed by atoms with Gasteiger partial charge in [0, 0.05) is 6.04 Å². The van der Waals surface area contributed by atoms with Crippen LogP contribution in [0.5, 0.6) is 0 Å². The first-order chi connectivity index (χ1) is 6.86. The Morgan fingerprint density at radius 2 is 1.86 bits per heavy atom. The van der Waals surface area contributed by atoms with Crippen molar-refractivity contribution in [2.75, 3.05) is 26.7 Å². The van der Waals surface area contributed by atoms with E-state index in [1.807, 2.05) is 0 Å². The standard InChI is InChI=1S/C12H24N2/c1-14(12-4-5-12)10-2-3-11-6-8-13-9-7-11/h11-13H,2-10H2,1H3. The molecule has 0 spiro atoms. The maximum Gasteiger partial charge on any atom is 0.00933 e. The summed E-state index contributed by atoms with van der Waals surface area (Å²) in [5, 5.41) is 3.43. The third-order valence-corrected chi connectivity index (χ3v) is 3.75. The van der Waals surface area contributed by atoms with Crippen LogP contribution in [-0.2, 0) is 0 Å². The normalized spacial score (nSPS) is 24.4. The van der Waals surface area contributed by atoms with E-state index in [9.17, 15) is 0 Å². The third-order valence-electron chi connectivity index (χ3n) is 3.75. The van der Waals surface area contributed by atoms with E-state index < -0.39 is 0 Å². The molecule has 2 nitrogen and oxygen atoms in total. The second-order valence-corrected chi connectivity index (χ2v) is 5.05. The van der Waals surface area contributed by atoms with Crippen LogP contribution in [0, 0.1) is 5.92 Å². The smallest absolute Gasteiger partial charge is 0.00933 e. The SMILES string of the molecule is CN(CCCC1CCNCC1)C1CC1. The Morgan fingerprint density at radius 1 is 1.14 bits per heavy atom. The fourth-order valence-corrected chi connectivity index (χ4v) is 2.50. The first-order valence-electron chi connectivity index (χ1n) is 6.27. The van der Waals surface area contributed by atoms with Crippen LogP contribution in [0.1, 0.15) is 38.5 Å². The van der Waals surface area contributed by atoms with E-state index >= 15 is 0 Å². The Labute approximate surface area is 88.1 Å². The second kappa shape index (κ2) is 5.13. The highest BCUT2D eigenvalue weighted by Gasteiger charge is 2.25. The topological polar surface area (TPSA) is 15.3 Å². The van der Waals surface area contributed by atoms with Gasteiger partial charge in [0.1, 0.15) is 0 Å². The number of nitrogens with zero attached hydrogens (tertiary/aromatic N) is 1. The van der Waals surface area contributed by atoms with E-state index in [0.29, 0.717) is 0 Å². The van der Waals surface area contributed by atoms with Gasteiger partial charge in [-0.05, 0) is 71.1 Å². The zero-order chi connectivity index (χ0) is 9.80. The average molecular weight is 196 g/mol. The molecule has 2 heteroatoms. The number of rotatable bonds is 5. The molecule has 0 aromatic rings. The summed E-state index contributed by atoms with van der Waals surface area (Å²) in [6.07, 6.45) is 8.59. The highest BCUT2D eigenvalue weighted by Crippen LogP contribution is 2.26. The Hall–Kier alpha value is -0.0800. The summed E-state index contributed by atoms with van der Waals surface area (Å²) >= 11 is 0. The summed E-state index contributed by atoms with van der Waals surface area (Å²) in [6, 6.07) is 0.947. The van der Waals surface area contributed by atoms with Gasteiger partial charge in [-0.3, -0.25) is 0 Å². The van der Waals surface area contributed by atoms with Crippen LogP contribution in [0.15, 0.2) is 0 Å². The summed E-state index contributed by atoms with van der Waals surface area (Å²) in [5.74, 6) is 1.02. The van der Waals surface area contributed by atoms with Crippen LogP contribution in [0.25, 0.3) is 0 Å². The monoisotopic (exact) mass is 196 g/mol. The Morgan fingerprint density at radius 3 is 2.50 bits per heavy atom. The number of hydrogen-bond donors (Lipinski definition) is 1. The maximum absolute atomic E-state index is 3.43. The molecule has 1 saturated carbocycles. The van der Waals surface area contributed by atoms with Gasteiger partial charge in [-0.15, -0.1) is 0 Å². The quantitative estimate of drug-likeness (QED) is 0.722. The summed E-state index contributed by atoms with van der Waals surface area (Å²) in [6.45, 7) is 3.83. The fraction of sp³-hybridized carbons (Fsp3) is 1.00. The first kappa shape index (κ1) is 10.4. The van der Waals surface area contributed by atoms with Gasteiger partial charge in [0.25, 0.3) is 0 Å². The van der Waals surface area contributed by atoms with Crippen molar-refractivity contribution in [3.05, 3.63) is 0 Å². The summed E-state index contributed by atoms with van der Waals surface area (Å²) in [7, 11) is 2.29. The highest BCUT2D eigenvalue weighted by atomic mass is 15.1. The van der Waals surface area contributed by atoms with Crippen molar-refractivity contribution in [3.63, 3.8) is 0 Å². The minimum atomic E-state index is 0.947. The average Bonchev–Trinajstić information content (AvgIpc) is 3.02. The predicted molar refractivity (Wildman–Crippen MR) is 60.5 cm³/mol. The van der Waals surface area contributed by atoms with Gasteiger partial charge in [-0.25, -0.2) is 0 Å². The Balaban J connectivity index is 1.52. The van der Waals surface area contributed by atoms with Crippen molar-refractivity contribution in [2.24, 2.45) is 5.92 Å². The molecular weight excluding hydrogens is 172 g/mol. The molecule has 0 bridgehead atoms. The summed E-state index contributed by atoms with van der Waals surface area (Å²) < 4.78 is 0. The molecule has 0 aromatic carbocycles. The molecule has 2 fully saturated rings. The van der Waals surface area contributed by atoms with Crippen molar-refractivity contribution >= 4 is 0 Å². The molecule has 0 atom stereocenters. The van der Waals surface area contributed by atoms with E-state index in [-0.39, 0.29) is 0 Å². The van der Waals surface area contributed by atoms with E-state index in [1.54, 1.807) is 0 Å². The van der Waals surface area contributed by atoms with E-state index in [1.165, 1.54) is 58.2 Å². The second-order valence-electron chi connectivity index (χ2n) is 5.05. The Kier molecular flexibility index (Phi) is 3.82. The lowest BCUT2D eigenvalue weighted by atomic mass is 9.93. The molecule has 1 heterocycles. The van der Waals surface area contributed by atoms with Crippen molar-refractivity contribution in [1.29, 1.82) is 0 Å². The lowest BCUT2D eigenvalue weighted by Crippen LogP contribution is -2.28. The van der Waals surface area contributed by atoms with Crippen molar-refractivity contribution in [1.82, 2.24) is 10.2 Å². The largest absolute Gasteiger partial charge is 0.317 e. The number of hydrogen-bond acceptors (Lipinski definition) is 2. The molecule has 2 rings (SSSR count). The van der Waals surface area contributed by atoms with Gasteiger partial charge in [0.2, 0.25) is 0 Å². The van der Waals surface area contributed by atoms with Crippen LogP contribution in [0.2, 0.25) is 0 Å². The molecular formula is C12H24N2. The minimum absolute atomic E-state index is 0.947. The van der Waals surface area contributed by atoms with Crippen molar-refractivity contribution < 1.29 is 0 Å². The molecule has 14 heavy (non-hydrogen) atoms. The number of nitrogens with one attached hydrogen (secondary N) is 1. The molecule has 82 valence electrons. The van der Waals surface area contributed by atoms with Crippen LogP contribution >= 0.6 is 0 Å². The highest BCUT2D eigenvalue weighted by molar-refractivity contribution is 4.82. The summed E-state index contributed by atoms with van der Waals surface area (Å²) in [5.41, 5.74) is 0. The molecule has 1 saturated heterocycles. The molecule has 0 amide bonds. The Bertz CT molecular complexity index is 160. The van der Waals surface area contributed by atoms with Gasteiger partial charge in [0.15, 0.2) is 0 Å². The minimum Gasteiger partial charge on any atom is -0.317 e. The van der Waals surface area contributed by atoms with Crippen LogP contribution in [0.4, 0.5) is 0 Å². The van der Waals surface area contributed by atoms with Gasteiger partial charge >= 0.3 is 0 Å². The van der Waals surface area contributed by atoms with Crippen LogP contribution in [-0.4, -0.2) is 37.6 Å². The van der Waals surface area contributed by atoms with E-state index in [2.05, 4.69) is 17.3 Å². The predicted octanol–water partition coefficient (Wildman–Crippen LogP) is 1.86. The van der Waals surface area contributed by atoms with E-state index in [0.717, 1.165) is 12.0 Å². The van der Waals surface area contributed by atoms with Crippen molar-refractivity contribution in [2.45, 2.75) is 44.6 Å². The zero-order valence-electron chi connectivity index (χ0n) is 9.47. The molecule has 2 aliphatic rings. The molecule has 1 aliphatic carbocycles. The van der Waals surface area contributed by atoms with Crippen LogP contribution < -0.4 is 5.32 Å². The molecule has 0 aromatic heterocycles. The molecule has 1 aliphatic heterocycles. The first-order valence-corrected chi connectivity index (χ1v) is 6.27. The number of piperidine rings is 1. The summed E-state index contributed by atoms with van der Waals surface area (Å²) in [4.78, 5) is 2.56. The lowest BCUT2D eigenvalue weighted by molar-refractivity contribution is 0.284. The fourth-order valence-electron chi connectivity index (χ4n) is 2.50. The van der Waals surface area contributed by atoms with Crippen LogP contribution in [0.3, 0.4) is 0 Å². The lowest BCUT2D eigenvalue weighted by Gasteiger charge is -2.23. The maximum atomic E-state index is 3.43. The van der Waals surface area contributed by atoms with Gasteiger partial charge in [-0.2, -0.15) is 0 Å². The van der Waals surface area contributed by atoms with Gasteiger partial charge in [-0.1, -0.05) is 0 Å². The van der Waals surface area contributed by atoms with E-state index in [4.69, 9.17) is 0 Å². The molecule has 1 N–H and O–H groups in total. The molecule has 0 radical (unpaired) electrons. The third kappa shape index (κ3) is 3.25. The zero-order valence-corrected chi connectivity index (χ0v) is 9.47. The van der Waals surface area contributed by atoms with Gasteiger partial charge in [0.05, 0.1) is 0 Å². The van der Waals surface area contributed by atoms with Crippen molar-refractivity contribution in [3.8, 4) is 0 Å². The van der Waals surface area contributed by atoms with Gasteiger partial charge < -0.3 is 10.2 Å².